The molecule has 0 saturated heterocycles. The summed E-state index contributed by atoms with van der Waals surface area (Å²) in [4.78, 5) is 3.90. The van der Waals surface area contributed by atoms with Gasteiger partial charge in [0, 0.05) is 10.6 Å². The lowest BCUT2D eigenvalue weighted by atomic mass is 10.1. The van der Waals surface area contributed by atoms with Crippen LogP contribution in [0.1, 0.15) is 11.1 Å². The first-order valence-corrected chi connectivity index (χ1v) is 3.96. The molecule has 0 spiro atoms. The minimum absolute atomic E-state index is 0.704. The summed E-state index contributed by atoms with van der Waals surface area (Å²) in [5.41, 5.74) is 2.80. The van der Waals surface area contributed by atoms with Gasteiger partial charge in [-0.05, 0) is 31.3 Å². The first-order chi connectivity index (χ1) is 5.69. The molecule has 62 valence electrons. The number of aryl methyl sites for hydroxylation is 1. The molecular weight excluding hydrogens is 170 g/mol. The van der Waals surface area contributed by atoms with Gasteiger partial charge in [-0.1, -0.05) is 24.3 Å². The second-order valence-electron chi connectivity index (χ2n) is 2.52. The Bertz CT molecular complexity index is 329. The van der Waals surface area contributed by atoms with Crippen molar-refractivity contribution in [1.82, 2.24) is 0 Å². The number of hydrogen-bond acceptors (Lipinski definition) is 1. The van der Waals surface area contributed by atoms with Crippen molar-refractivity contribution in [3.8, 4) is 0 Å². The van der Waals surface area contributed by atoms with Crippen LogP contribution in [0.25, 0.3) is 6.08 Å². The number of halogens is 1. The highest BCUT2D eigenvalue weighted by molar-refractivity contribution is 6.30. The van der Waals surface area contributed by atoms with Gasteiger partial charge in [-0.25, -0.2) is 0 Å². The maximum Gasteiger partial charge on any atom is 0.0724 e. The lowest BCUT2D eigenvalue weighted by Gasteiger charge is -2.04. The lowest BCUT2D eigenvalue weighted by molar-refractivity contribution is 1.40. The molecule has 0 amide bonds. The maximum atomic E-state index is 5.85. The van der Waals surface area contributed by atoms with Crippen molar-refractivity contribution in [2.24, 2.45) is 4.99 Å². The molecule has 0 N–H and O–H groups in total. The second kappa shape index (κ2) is 3.55. The molecule has 0 aliphatic rings. The van der Waals surface area contributed by atoms with E-state index in [-0.39, 0.29) is 0 Å². The third-order valence-electron chi connectivity index (χ3n) is 1.67. The third kappa shape index (κ3) is 1.56. The molecule has 0 aliphatic heterocycles. The fraction of sp³-hybridized carbons (Fsp3) is 0.100. The van der Waals surface area contributed by atoms with Crippen LogP contribution in [0.15, 0.2) is 23.7 Å². The predicted octanol–water partition coefficient (Wildman–Crippen LogP) is 3.62. The first kappa shape index (κ1) is 9.01. The standard InChI is InChI=1S/C10H10ClN/c1-4-8-6-9(11)5-7(2)10(8)12-3/h4-6H,1,3H2,2H3. The second-order valence-corrected chi connectivity index (χ2v) is 2.96. The van der Waals surface area contributed by atoms with E-state index >= 15 is 0 Å². The van der Waals surface area contributed by atoms with Crippen LogP contribution >= 0.6 is 11.6 Å². The average Bonchev–Trinajstić information content (AvgIpc) is 2.03. The lowest BCUT2D eigenvalue weighted by Crippen LogP contribution is -1.80. The summed E-state index contributed by atoms with van der Waals surface area (Å²) in [5.74, 6) is 0. The summed E-state index contributed by atoms with van der Waals surface area (Å²) in [6.45, 7) is 9.11. The Kier molecular flexibility index (Phi) is 2.66. The molecule has 0 heterocycles. The molecule has 12 heavy (non-hydrogen) atoms. The number of hydrogen-bond donors (Lipinski definition) is 0. The van der Waals surface area contributed by atoms with Gasteiger partial charge < -0.3 is 0 Å². The maximum absolute atomic E-state index is 5.85. The molecule has 0 aromatic heterocycles. The summed E-state index contributed by atoms with van der Waals surface area (Å²) >= 11 is 5.85. The van der Waals surface area contributed by atoms with Crippen LogP contribution in [0.4, 0.5) is 5.69 Å². The highest BCUT2D eigenvalue weighted by atomic mass is 35.5. The number of aliphatic imine (C=N–C) groups is 1. The molecule has 0 radical (unpaired) electrons. The Morgan fingerprint density at radius 1 is 1.50 bits per heavy atom. The summed E-state index contributed by atoms with van der Waals surface area (Å²) in [6.07, 6.45) is 1.73. The highest BCUT2D eigenvalue weighted by Crippen LogP contribution is 2.28. The third-order valence-corrected chi connectivity index (χ3v) is 1.89. The van der Waals surface area contributed by atoms with Crippen molar-refractivity contribution in [3.63, 3.8) is 0 Å². The molecule has 0 bridgehead atoms. The Hall–Kier alpha value is -1.08. The van der Waals surface area contributed by atoms with Gasteiger partial charge >= 0.3 is 0 Å². The smallest absolute Gasteiger partial charge is 0.0724 e. The highest BCUT2D eigenvalue weighted by Gasteiger charge is 2.02. The molecule has 0 saturated carbocycles. The Balaban J connectivity index is 3.43. The van der Waals surface area contributed by atoms with Crippen molar-refractivity contribution in [1.29, 1.82) is 0 Å². The normalized spacial score (nSPS) is 9.50. The minimum Gasteiger partial charge on any atom is -0.264 e. The van der Waals surface area contributed by atoms with Crippen molar-refractivity contribution in [2.75, 3.05) is 0 Å². The van der Waals surface area contributed by atoms with E-state index < -0.39 is 0 Å². The Morgan fingerprint density at radius 2 is 2.17 bits per heavy atom. The molecule has 0 atom stereocenters. The largest absolute Gasteiger partial charge is 0.264 e. The molecule has 2 heteroatoms. The Labute approximate surface area is 77.4 Å². The zero-order chi connectivity index (χ0) is 9.14. The van der Waals surface area contributed by atoms with Crippen LogP contribution in [-0.4, -0.2) is 6.72 Å². The number of nitrogens with zero attached hydrogens (tertiary/aromatic N) is 1. The molecule has 0 fully saturated rings. The van der Waals surface area contributed by atoms with Crippen LogP contribution < -0.4 is 0 Å². The molecule has 1 aromatic carbocycles. The Morgan fingerprint density at radius 3 is 2.67 bits per heavy atom. The van der Waals surface area contributed by atoms with E-state index in [1.54, 1.807) is 6.08 Å². The zero-order valence-electron chi connectivity index (χ0n) is 6.97. The van der Waals surface area contributed by atoms with Crippen molar-refractivity contribution in [2.45, 2.75) is 6.92 Å². The van der Waals surface area contributed by atoms with Gasteiger partial charge in [-0.3, -0.25) is 4.99 Å². The number of rotatable bonds is 2. The zero-order valence-corrected chi connectivity index (χ0v) is 7.73. The van der Waals surface area contributed by atoms with E-state index in [4.69, 9.17) is 11.6 Å². The first-order valence-electron chi connectivity index (χ1n) is 3.58. The van der Waals surface area contributed by atoms with E-state index in [2.05, 4.69) is 18.3 Å². The van der Waals surface area contributed by atoms with E-state index in [0.717, 1.165) is 16.8 Å². The van der Waals surface area contributed by atoms with Crippen molar-refractivity contribution < 1.29 is 0 Å². The van der Waals surface area contributed by atoms with E-state index in [0.29, 0.717) is 5.02 Å². The summed E-state index contributed by atoms with van der Waals surface area (Å²) < 4.78 is 0. The van der Waals surface area contributed by atoms with Gasteiger partial charge in [0.2, 0.25) is 0 Å². The molecule has 0 unspecified atom stereocenters. The summed E-state index contributed by atoms with van der Waals surface area (Å²) in [5, 5.41) is 0.704. The van der Waals surface area contributed by atoms with Gasteiger partial charge in [-0.2, -0.15) is 0 Å². The minimum atomic E-state index is 0.704. The predicted molar refractivity (Wildman–Crippen MR) is 55.5 cm³/mol. The van der Waals surface area contributed by atoms with Gasteiger partial charge in [-0.15, -0.1) is 0 Å². The number of benzene rings is 1. The van der Waals surface area contributed by atoms with E-state index in [9.17, 15) is 0 Å². The monoisotopic (exact) mass is 179 g/mol. The average molecular weight is 180 g/mol. The summed E-state index contributed by atoms with van der Waals surface area (Å²) in [7, 11) is 0. The van der Waals surface area contributed by atoms with Gasteiger partial charge in [0.15, 0.2) is 0 Å². The van der Waals surface area contributed by atoms with Crippen LogP contribution in [-0.2, 0) is 0 Å². The van der Waals surface area contributed by atoms with Gasteiger partial charge in [0.05, 0.1) is 5.69 Å². The van der Waals surface area contributed by atoms with Crippen LogP contribution in [0.5, 0.6) is 0 Å². The van der Waals surface area contributed by atoms with Crippen molar-refractivity contribution in [3.05, 3.63) is 34.9 Å². The molecule has 1 nitrogen and oxygen atoms in total. The molecular formula is C10H10ClN. The van der Waals surface area contributed by atoms with Crippen LogP contribution in [0.3, 0.4) is 0 Å². The van der Waals surface area contributed by atoms with Gasteiger partial charge in [0.25, 0.3) is 0 Å². The van der Waals surface area contributed by atoms with Crippen LogP contribution in [0, 0.1) is 6.92 Å². The fourth-order valence-corrected chi connectivity index (χ4v) is 1.41. The summed E-state index contributed by atoms with van der Waals surface area (Å²) in [6, 6.07) is 3.68. The SMILES string of the molecule is C=Cc1cc(Cl)cc(C)c1N=C. The molecule has 0 aliphatic carbocycles. The quantitative estimate of drug-likeness (QED) is 0.615. The van der Waals surface area contributed by atoms with Crippen molar-refractivity contribution >= 4 is 30.1 Å². The van der Waals surface area contributed by atoms with Gasteiger partial charge in [0.1, 0.15) is 0 Å². The van der Waals surface area contributed by atoms with E-state index in [1.165, 1.54) is 0 Å². The molecule has 1 aromatic rings. The topological polar surface area (TPSA) is 12.4 Å². The molecule has 1 rings (SSSR count). The fourth-order valence-electron chi connectivity index (χ4n) is 1.13. The van der Waals surface area contributed by atoms with E-state index in [1.807, 2.05) is 19.1 Å². The van der Waals surface area contributed by atoms with Crippen LogP contribution in [0.2, 0.25) is 5.02 Å².